The van der Waals surface area contributed by atoms with E-state index in [9.17, 15) is 9.90 Å². The van der Waals surface area contributed by atoms with E-state index in [2.05, 4.69) is 11.8 Å². The summed E-state index contributed by atoms with van der Waals surface area (Å²) in [5, 5.41) is 9.64. The number of aliphatic hydroxyl groups excluding tert-OH is 1. The third-order valence-corrected chi connectivity index (χ3v) is 4.26. The summed E-state index contributed by atoms with van der Waals surface area (Å²) in [6, 6.07) is 0. The van der Waals surface area contributed by atoms with Gasteiger partial charge in [-0.15, -0.1) is 0 Å². The van der Waals surface area contributed by atoms with E-state index in [4.69, 9.17) is 4.74 Å². The first-order valence-corrected chi connectivity index (χ1v) is 8.26. The lowest BCUT2D eigenvalue weighted by Crippen LogP contribution is -2.53. The molecular weight excluding hydrogens is 280 g/mol. The Morgan fingerprint density at radius 2 is 1.86 bits per heavy atom. The Balaban J connectivity index is 2.73. The summed E-state index contributed by atoms with van der Waals surface area (Å²) in [5.41, 5.74) is -0.941. The van der Waals surface area contributed by atoms with Crippen LogP contribution in [0.5, 0.6) is 0 Å². The van der Waals surface area contributed by atoms with Gasteiger partial charge in [0.05, 0.1) is 6.61 Å². The van der Waals surface area contributed by atoms with Gasteiger partial charge in [0, 0.05) is 24.2 Å². The molecule has 0 aromatic carbocycles. The molecule has 5 heteroatoms. The van der Waals surface area contributed by atoms with E-state index >= 15 is 0 Å². The van der Waals surface area contributed by atoms with Gasteiger partial charge in [-0.3, -0.25) is 4.90 Å². The van der Waals surface area contributed by atoms with Crippen molar-refractivity contribution >= 4 is 6.09 Å². The molecule has 1 fully saturated rings. The third kappa shape index (κ3) is 5.13. The molecule has 1 aliphatic heterocycles. The molecule has 0 aromatic heterocycles. The van der Waals surface area contributed by atoms with Crippen LogP contribution in [0.2, 0.25) is 0 Å². The number of hydrogen-bond acceptors (Lipinski definition) is 4. The minimum absolute atomic E-state index is 0.155. The Morgan fingerprint density at radius 3 is 2.32 bits per heavy atom. The monoisotopic (exact) mass is 314 g/mol. The van der Waals surface area contributed by atoms with Gasteiger partial charge < -0.3 is 14.7 Å². The number of carbonyl (C=O) groups excluding carboxylic acids is 1. The highest BCUT2D eigenvalue weighted by Gasteiger charge is 2.37. The highest BCUT2D eigenvalue weighted by Crippen LogP contribution is 2.28. The molecule has 0 spiro atoms. The van der Waals surface area contributed by atoms with E-state index in [1.165, 1.54) is 0 Å². The number of nitrogens with zero attached hydrogens (tertiary/aromatic N) is 2. The summed E-state index contributed by atoms with van der Waals surface area (Å²) in [4.78, 5) is 16.6. The van der Waals surface area contributed by atoms with Crippen LogP contribution in [0.4, 0.5) is 4.79 Å². The predicted molar refractivity (Wildman–Crippen MR) is 89.0 cm³/mol. The summed E-state index contributed by atoms with van der Waals surface area (Å²) in [6.45, 7) is 16.3. The largest absolute Gasteiger partial charge is 0.444 e. The highest BCUT2D eigenvalue weighted by atomic mass is 16.6. The second-order valence-corrected chi connectivity index (χ2v) is 8.55. The van der Waals surface area contributed by atoms with Gasteiger partial charge in [0.25, 0.3) is 0 Å². The van der Waals surface area contributed by atoms with E-state index in [-0.39, 0.29) is 23.8 Å². The third-order valence-electron chi connectivity index (χ3n) is 4.26. The van der Waals surface area contributed by atoms with Crippen LogP contribution in [-0.4, -0.2) is 63.9 Å². The molecule has 1 amide bonds. The average molecular weight is 314 g/mol. The predicted octanol–water partition coefficient (Wildman–Crippen LogP) is 2.87. The van der Waals surface area contributed by atoms with Crippen molar-refractivity contribution in [1.82, 2.24) is 9.80 Å². The van der Waals surface area contributed by atoms with Crippen LogP contribution in [0.3, 0.4) is 0 Å². The standard InChI is InChI=1S/C17H34N2O3/c1-15(2,3)19(14(21)22-16(4,5)6)12-11-18-10-8-9-17(18,7)13-20/h20H,8-13H2,1-7H3. The lowest BCUT2D eigenvalue weighted by molar-refractivity contribution is -0.000818. The van der Waals surface area contributed by atoms with Crippen LogP contribution in [-0.2, 0) is 4.74 Å². The van der Waals surface area contributed by atoms with Crippen molar-refractivity contribution in [1.29, 1.82) is 0 Å². The second kappa shape index (κ2) is 6.75. The first-order chi connectivity index (χ1) is 9.89. The van der Waals surface area contributed by atoms with Crippen molar-refractivity contribution in [2.75, 3.05) is 26.2 Å². The fraction of sp³-hybridized carbons (Fsp3) is 0.941. The van der Waals surface area contributed by atoms with Gasteiger partial charge in [-0.25, -0.2) is 4.79 Å². The molecule has 0 aliphatic carbocycles. The van der Waals surface area contributed by atoms with Crippen molar-refractivity contribution in [3.63, 3.8) is 0 Å². The summed E-state index contributed by atoms with van der Waals surface area (Å²) in [7, 11) is 0. The lowest BCUT2D eigenvalue weighted by atomic mass is 10.0. The van der Waals surface area contributed by atoms with Crippen molar-refractivity contribution < 1.29 is 14.6 Å². The van der Waals surface area contributed by atoms with E-state index in [0.717, 1.165) is 25.9 Å². The number of likely N-dealkylation sites (tertiary alicyclic amines) is 1. The quantitative estimate of drug-likeness (QED) is 0.867. The number of aliphatic hydroxyl groups is 1. The summed E-state index contributed by atoms with van der Waals surface area (Å²) in [6.07, 6.45) is 1.83. The van der Waals surface area contributed by atoms with Crippen molar-refractivity contribution in [3.8, 4) is 0 Å². The first-order valence-electron chi connectivity index (χ1n) is 8.26. The SMILES string of the molecule is CC(C)(C)OC(=O)N(CCN1CCCC1(C)CO)C(C)(C)C. The Labute approximate surface area is 135 Å². The number of rotatable bonds is 4. The molecular formula is C17H34N2O3. The van der Waals surface area contributed by atoms with E-state index < -0.39 is 5.60 Å². The molecule has 1 unspecified atom stereocenters. The van der Waals surface area contributed by atoms with Crippen LogP contribution < -0.4 is 0 Å². The summed E-state index contributed by atoms with van der Waals surface area (Å²) < 4.78 is 5.54. The number of carbonyl (C=O) groups is 1. The fourth-order valence-electron chi connectivity index (χ4n) is 2.88. The van der Waals surface area contributed by atoms with Gasteiger partial charge in [-0.05, 0) is 67.9 Å². The lowest BCUT2D eigenvalue weighted by Gasteiger charge is -2.40. The number of hydrogen-bond donors (Lipinski definition) is 1. The Hall–Kier alpha value is -0.810. The molecule has 1 aliphatic rings. The highest BCUT2D eigenvalue weighted by molar-refractivity contribution is 5.69. The topological polar surface area (TPSA) is 53.0 Å². The minimum atomic E-state index is -0.492. The molecule has 0 bridgehead atoms. The van der Waals surface area contributed by atoms with Gasteiger partial charge in [-0.2, -0.15) is 0 Å². The van der Waals surface area contributed by atoms with E-state index in [1.54, 1.807) is 4.90 Å². The second-order valence-electron chi connectivity index (χ2n) is 8.55. The van der Waals surface area contributed by atoms with E-state index in [1.807, 2.05) is 41.5 Å². The van der Waals surface area contributed by atoms with Gasteiger partial charge in [0.1, 0.15) is 5.60 Å². The van der Waals surface area contributed by atoms with Gasteiger partial charge in [0.2, 0.25) is 0 Å². The molecule has 5 nitrogen and oxygen atoms in total. The zero-order valence-corrected chi connectivity index (χ0v) is 15.4. The smallest absolute Gasteiger partial charge is 0.410 e. The normalized spacial score (nSPS) is 23.6. The van der Waals surface area contributed by atoms with Gasteiger partial charge in [-0.1, -0.05) is 0 Å². The molecule has 1 saturated heterocycles. The summed E-state index contributed by atoms with van der Waals surface area (Å²) in [5.74, 6) is 0. The molecule has 1 atom stereocenters. The molecule has 22 heavy (non-hydrogen) atoms. The molecule has 0 saturated carbocycles. The Morgan fingerprint density at radius 1 is 1.27 bits per heavy atom. The fourth-order valence-corrected chi connectivity index (χ4v) is 2.88. The summed E-state index contributed by atoms with van der Waals surface area (Å²) >= 11 is 0. The first kappa shape index (κ1) is 19.2. The zero-order chi connectivity index (χ0) is 17.2. The average Bonchev–Trinajstić information content (AvgIpc) is 2.68. The minimum Gasteiger partial charge on any atom is -0.444 e. The number of ether oxygens (including phenoxy) is 1. The zero-order valence-electron chi connectivity index (χ0n) is 15.4. The van der Waals surface area contributed by atoms with Gasteiger partial charge >= 0.3 is 6.09 Å². The van der Waals surface area contributed by atoms with Crippen LogP contribution in [0.25, 0.3) is 0 Å². The van der Waals surface area contributed by atoms with Gasteiger partial charge in [0.15, 0.2) is 0 Å². The van der Waals surface area contributed by atoms with Crippen LogP contribution in [0.15, 0.2) is 0 Å². The van der Waals surface area contributed by atoms with Crippen LogP contribution in [0, 0.1) is 0 Å². The maximum Gasteiger partial charge on any atom is 0.410 e. The number of amides is 1. The molecule has 1 N–H and O–H groups in total. The molecule has 1 rings (SSSR count). The molecule has 0 aromatic rings. The maximum atomic E-state index is 12.5. The molecule has 0 radical (unpaired) electrons. The van der Waals surface area contributed by atoms with Crippen LogP contribution >= 0.6 is 0 Å². The van der Waals surface area contributed by atoms with Crippen molar-refractivity contribution in [2.24, 2.45) is 0 Å². The molecule has 130 valence electrons. The van der Waals surface area contributed by atoms with Crippen LogP contribution in [0.1, 0.15) is 61.3 Å². The maximum absolute atomic E-state index is 12.5. The van der Waals surface area contributed by atoms with Crippen molar-refractivity contribution in [2.45, 2.75) is 78.0 Å². The van der Waals surface area contributed by atoms with Crippen molar-refractivity contribution in [3.05, 3.63) is 0 Å². The molecule has 1 heterocycles. The Bertz CT molecular complexity index is 384. The Kier molecular flexibility index (Phi) is 5.90. The van der Waals surface area contributed by atoms with E-state index in [0.29, 0.717) is 6.54 Å².